The van der Waals surface area contributed by atoms with Gasteiger partial charge in [-0.05, 0) is 25.0 Å². The summed E-state index contributed by atoms with van der Waals surface area (Å²) < 4.78 is 0. The standard InChI is InChI=1S/C14H21N3O2/c1-3-9-16-13(18)10-7-5-6-8-12(10)17-14(19)11(15)4-2/h5-8,11H,3-4,9,15H2,1-2H3,(H,16,18)(H,17,19). The van der Waals surface area contributed by atoms with Crippen molar-refractivity contribution < 1.29 is 9.59 Å². The molecule has 0 fully saturated rings. The predicted molar refractivity (Wildman–Crippen MR) is 76.0 cm³/mol. The molecule has 1 rings (SSSR count). The van der Waals surface area contributed by atoms with Crippen LogP contribution >= 0.6 is 0 Å². The van der Waals surface area contributed by atoms with Crippen molar-refractivity contribution in [2.45, 2.75) is 32.7 Å². The molecule has 5 nitrogen and oxygen atoms in total. The van der Waals surface area contributed by atoms with E-state index >= 15 is 0 Å². The molecule has 0 spiro atoms. The van der Waals surface area contributed by atoms with Crippen molar-refractivity contribution in [3.8, 4) is 0 Å². The fraction of sp³-hybridized carbons (Fsp3) is 0.429. The molecule has 4 N–H and O–H groups in total. The summed E-state index contributed by atoms with van der Waals surface area (Å²) in [7, 11) is 0. The number of hydrogen-bond acceptors (Lipinski definition) is 3. The summed E-state index contributed by atoms with van der Waals surface area (Å²) in [5.41, 5.74) is 6.60. The maximum Gasteiger partial charge on any atom is 0.253 e. The lowest BCUT2D eigenvalue weighted by atomic mass is 10.1. The molecule has 0 aliphatic carbocycles. The van der Waals surface area contributed by atoms with Gasteiger partial charge in [0, 0.05) is 6.54 Å². The molecule has 0 heterocycles. The number of amides is 2. The highest BCUT2D eigenvalue weighted by Crippen LogP contribution is 2.15. The van der Waals surface area contributed by atoms with Gasteiger partial charge in [-0.25, -0.2) is 0 Å². The molecule has 19 heavy (non-hydrogen) atoms. The normalized spacial score (nSPS) is 11.7. The number of nitrogens with one attached hydrogen (secondary N) is 2. The number of nitrogens with two attached hydrogens (primary N) is 1. The Labute approximate surface area is 113 Å². The van der Waals surface area contributed by atoms with Gasteiger partial charge in [-0.2, -0.15) is 0 Å². The first-order chi connectivity index (χ1) is 9.10. The van der Waals surface area contributed by atoms with E-state index in [1.54, 1.807) is 24.3 Å². The lowest BCUT2D eigenvalue weighted by Crippen LogP contribution is -2.35. The summed E-state index contributed by atoms with van der Waals surface area (Å²) >= 11 is 0. The molecule has 0 aliphatic heterocycles. The Morgan fingerprint density at radius 3 is 2.58 bits per heavy atom. The molecule has 0 aliphatic rings. The highest BCUT2D eigenvalue weighted by atomic mass is 16.2. The number of rotatable bonds is 6. The molecule has 1 aromatic carbocycles. The first kappa shape index (κ1) is 15.2. The first-order valence-electron chi connectivity index (χ1n) is 6.53. The Kier molecular flexibility index (Phi) is 6.02. The van der Waals surface area contributed by atoms with E-state index in [1.807, 2.05) is 13.8 Å². The topological polar surface area (TPSA) is 84.2 Å². The zero-order valence-corrected chi connectivity index (χ0v) is 11.4. The van der Waals surface area contributed by atoms with Crippen LogP contribution in [0.4, 0.5) is 5.69 Å². The van der Waals surface area contributed by atoms with Crippen molar-refractivity contribution in [1.29, 1.82) is 0 Å². The minimum atomic E-state index is -0.563. The summed E-state index contributed by atoms with van der Waals surface area (Å²) in [5, 5.41) is 5.48. The molecule has 1 unspecified atom stereocenters. The Bertz CT molecular complexity index is 446. The van der Waals surface area contributed by atoms with Gasteiger partial charge < -0.3 is 16.4 Å². The molecular formula is C14H21N3O2. The van der Waals surface area contributed by atoms with Crippen molar-refractivity contribution in [1.82, 2.24) is 5.32 Å². The van der Waals surface area contributed by atoms with Gasteiger partial charge in [-0.3, -0.25) is 9.59 Å². The van der Waals surface area contributed by atoms with Crippen molar-refractivity contribution in [2.24, 2.45) is 5.73 Å². The molecule has 0 saturated heterocycles. The van der Waals surface area contributed by atoms with Gasteiger partial charge in [0.05, 0.1) is 17.3 Å². The van der Waals surface area contributed by atoms with E-state index in [1.165, 1.54) is 0 Å². The maximum atomic E-state index is 12.0. The number of para-hydroxylation sites is 1. The monoisotopic (exact) mass is 263 g/mol. The highest BCUT2D eigenvalue weighted by Gasteiger charge is 2.15. The van der Waals surface area contributed by atoms with Crippen LogP contribution in [0.5, 0.6) is 0 Å². The van der Waals surface area contributed by atoms with Gasteiger partial charge in [0.25, 0.3) is 5.91 Å². The van der Waals surface area contributed by atoms with E-state index in [-0.39, 0.29) is 11.8 Å². The number of hydrogen-bond donors (Lipinski definition) is 3. The predicted octanol–water partition coefficient (Wildman–Crippen LogP) is 1.50. The molecular weight excluding hydrogens is 242 g/mol. The van der Waals surface area contributed by atoms with E-state index in [2.05, 4.69) is 10.6 Å². The van der Waals surface area contributed by atoms with Crippen molar-refractivity contribution in [3.63, 3.8) is 0 Å². The Morgan fingerprint density at radius 1 is 1.26 bits per heavy atom. The van der Waals surface area contributed by atoms with Gasteiger partial charge >= 0.3 is 0 Å². The minimum absolute atomic E-state index is 0.192. The second-order valence-electron chi connectivity index (χ2n) is 4.31. The molecule has 1 atom stereocenters. The molecule has 104 valence electrons. The summed E-state index contributed by atoms with van der Waals surface area (Å²) in [6.45, 7) is 4.42. The van der Waals surface area contributed by atoms with Crippen LogP contribution < -0.4 is 16.4 Å². The van der Waals surface area contributed by atoms with Crippen LogP contribution in [0.1, 0.15) is 37.0 Å². The second-order valence-corrected chi connectivity index (χ2v) is 4.31. The van der Waals surface area contributed by atoms with Gasteiger partial charge in [0.1, 0.15) is 0 Å². The Hall–Kier alpha value is -1.88. The highest BCUT2D eigenvalue weighted by molar-refractivity contribution is 6.04. The second kappa shape index (κ2) is 7.53. The molecule has 5 heteroatoms. The number of carbonyl (C=O) groups is 2. The quantitative estimate of drug-likeness (QED) is 0.727. The molecule has 2 amide bonds. The fourth-order valence-corrected chi connectivity index (χ4v) is 1.53. The Morgan fingerprint density at radius 2 is 1.95 bits per heavy atom. The molecule has 0 aromatic heterocycles. The van der Waals surface area contributed by atoms with Gasteiger partial charge in [-0.15, -0.1) is 0 Å². The number of benzene rings is 1. The van der Waals surface area contributed by atoms with Crippen LogP contribution in [0.2, 0.25) is 0 Å². The third kappa shape index (κ3) is 4.37. The number of carbonyl (C=O) groups excluding carboxylic acids is 2. The average molecular weight is 263 g/mol. The van der Waals surface area contributed by atoms with Crippen LogP contribution in [0.15, 0.2) is 24.3 Å². The van der Waals surface area contributed by atoms with Crippen LogP contribution in [0.25, 0.3) is 0 Å². The SMILES string of the molecule is CCCNC(=O)c1ccccc1NC(=O)C(N)CC. The van der Waals surface area contributed by atoms with E-state index < -0.39 is 6.04 Å². The lowest BCUT2D eigenvalue weighted by Gasteiger charge is -2.13. The van der Waals surface area contributed by atoms with E-state index in [0.29, 0.717) is 24.2 Å². The first-order valence-corrected chi connectivity index (χ1v) is 6.53. The van der Waals surface area contributed by atoms with Crippen LogP contribution in [-0.2, 0) is 4.79 Å². The van der Waals surface area contributed by atoms with E-state index in [0.717, 1.165) is 6.42 Å². The molecule has 0 bridgehead atoms. The van der Waals surface area contributed by atoms with Gasteiger partial charge in [-0.1, -0.05) is 26.0 Å². The summed E-state index contributed by atoms with van der Waals surface area (Å²) in [6.07, 6.45) is 1.41. The Balaban J connectivity index is 2.84. The molecule has 0 saturated carbocycles. The lowest BCUT2D eigenvalue weighted by molar-refractivity contribution is -0.117. The van der Waals surface area contributed by atoms with Crippen molar-refractivity contribution in [2.75, 3.05) is 11.9 Å². The van der Waals surface area contributed by atoms with Crippen LogP contribution in [0, 0.1) is 0 Å². The minimum Gasteiger partial charge on any atom is -0.352 e. The van der Waals surface area contributed by atoms with Gasteiger partial charge in [0.15, 0.2) is 0 Å². The fourth-order valence-electron chi connectivity index (χ4n) is 1.53. The number of anilines is 1. The van der Waals surface area contributed by atoms with E-state index in [9.17, 15) is 9.59 Å². The largest absolute Gasteiger partial charge is 0.352 e. The summed E-state index contributed by atoms with van der Waals surface area (Å²) in [5.74, 6) is -0.471. The van der Waals surface area contributed by atoms with Crippen molar-refractivity contribution >= 4 is 17.5 Å². The van der Waals surface area contributed by atoms with Gasteiger partial charge in [0.2, 0.25) is 5.91 Å². The third-order valence-corrected chi connectivity index (χ3v) is 2.74. The third-order valence-electron chi connectivity index (χ3n) is 2.74. The average Bonchev–Trinajstić information content (AvgIpc) is 2.44. The summed E-state index contributed by atoms with van der Waals surface area (Å²) in [6, 6.07) is 6.34. The van der Waals surface area contributed by atoms with Crippen LogP contribution in [-0.4, -0.2) is 24.4 Å². The van der Waals surface area contributed by atoms with Crippen LogP contribution in [0.3, 0.4) is 0 Å². The summed E-state index contributed by atoms with van der Waals surface area (Å²) in [4.78, 5) is 23.7. The van der Waals surface area contributed by atoms with Crippen molar-refractivity contribution in [3.05, 3.63) is 29.8 Å². The molecule has 1 aromatic rings. The zero-order chi connectivity index (χ0) is 14.3. The van der Waals surface area contributed by atoms with E-state index in [4.69, 9.17) is 5.73 Å². The smallest absolute Gasteiger partial charge is 0.253 e. The zero-order valence-electron chi connectivity index (χ0n) is 11.4. The molecule has 0 radical (unpaired) electrons. The maximum absolute atomic E-state index is 12.0.